The Bertz CT molecular complexity index is 1120. The van der Waals surface area contributed by atoms with Crippen molar-refractivity contribution in [2.75, 3.05) is 0 Å². The number of aryl methyl sites for hydroxylation is 1. The van der Waals surface area contributed by atoms with E-state index in [0.717, 1.165) is 0 Å². The molecule has 0 fully saturated rings. The number of furan rings is 1. The van der Waals surface area contributed by atoms with Crippen LogP contribution in [0.1, 0.15) is 21.7 Å². The Morgan fingerprint density at radius 2 is 2.04 bits per heavy atom. The number of nitrogens with zero attached hydrogens (tertiary/aromatic N) is 3. The first kappa shape index (κ1) is 18.0. The smallest absolute Gasteiger partial charge is 0.343 e. The summed E-state index contributed by atoms with van der Waals surface area (Å²) in [5.41, 5.74) is 1.45. The minimum Gasteiger partial charge on any atom is -0.461 e. The van der Waals surface area contributed by atoms with Gasteiger partial charge in [0.05, 0.1) is 17.6 Å². The van der Waals surface area contributed by atoms with Crippen LogP contribution in [0.25, 0.3) is 17.2 Å². The molecule has 0 saturated heterocycles. The second-order valence-electron chi connectivity index (χ2n) is 5.88. The van der Waals surface area contributed by atoms with Crippen molar-refractivity contribution < 1.29 is 22.9 Å². The lowest BCUT2D eigenvalue weighted by atomic mass is 10.2. The molecule has 0 aliphatic carbocycles. The lowest BCUT2D eigenvalue weighted by molar-refractivity contribution is 0.0463. The van der Waals surface area contributed by atoms with Gasteiger partial charge >= 0.3 is 5.97 Å². The number of hydrogen-bond donors (Lipinski definition) is 0. The number of carbonyl (C=O) groups excluding carboxylic acids is 1. The molecule has 0 spiro atoms. The molecule has 142 valence electrons. The molecule has 0 N–H and O–H groups in total. The van der Waals surface area contributed by atoms with Crippen molar-refractivity contribution in [1.82, 2.24) is 14.9 Å². The number of rotatable bonds is 5. The molecule has 7 nitrogen and oxygen atoms in total. The fourth-order valence-corrected chi connectivity index (χ4v) is 2.96. The van der Waals surface area contributed by atoms with Crippen molar-refractivity contribution in [3.63, 3.8) is 0 Å². The highest BCUT2D eigenvalue weighted by Crippen LogP contribution is 2.25. The zero-order valence-electron chi connectivity index (χ0n) is 14.6. The van der Waals surface area contributed by atoms with Gasteiger partial charge in [0.25, 0.3) is 0 Å². The summed E-state index contributed by atoms with van der Waals surface area (Å²) in [4.78, 5) is 12.5. The van der Waals surface area contributed by atoms with E-state index in [0.29, 0.717) is 28.6 Å². The molecule has 0 amide bonds. The molecular weight excluding hydrogens is 389 g/mol. The van der Waals surface area contributed by atoms with Crippen LogP contribution < -0.4 is 0 Å². The van der Waals surface area contributed by atoms with E-state index in [4.69, 9.17) is 25.3 Å². The minimum absolute atomic E-state index is 0.0746. The number of aromatic nitrogens is 3. The first-order valence-corrected chi connectivity index (χ1v) is 8.58. The predicted octanol–water partition coefficient (Wildman–Crippen LogP) is 4.58. The second-order valence-corrected chi connectivity index (χ2v) is 6.23. The zero-order chi connectivity index (χ0) is 19.7. The number of carbonyl (C=O) groups is 1. The van der Waals surface area contributed by atoms with Gasteiger partial charge in [-0.1, -0.05) is 16.8 Å². The molecule has 1 aromatic carbocycles. The van der Waals surface area contributed by atoms with Crippen molar-refractivity contribution in [2.24, 2.45) is 0 Å². The summed E-state index contributed by atoms with van der Waals surface area (Å²) in [5, 5.41) is 8.16. The Morgan fingerprint density at radius 3 is 2.75 bits per heavy atom. The standard InChI is InChI=1S/C19H13ClFN3O4/c1-11-17(18(20)24(22-11)14-6-4-12(21)5-7-14)19(25)27-10-13-9-16(28-23-13)15-3-2-8-26-15/h2-9H,10H2,1H3. The number of ether oxygens (including phenoxy) is 1. The third-order valence-electron chi connectivity index (χ3n) is 3.95. The Hall–Kier alpha value is -3.39. The number of esters is 1. The second kappa shape index (κ2) is 7.32. The lowest BCUT2D eigenvalue weighted by Gasteiger charge is -2.04. The molecule has 0 unspecified atom stereocenters. The van der Waals surface area contributed by atoms with Crippen molar-refractivity contribution in [3.05, 3.63) is 76.6 Å². The van der Waals surface area contributed by atoms with E-state index in [-0.39, 0.29) is 23.1 Å². The van der Waals surface area contributed by atoms with Crippen LogP contribution in [0.5, 0.6) is 0 Å². The summed E-state index contributed by atoms with van der Waals surface area (Å²) in [5.74, 6) is -0.0951. The lowest BCUT2D eigenvalue weighted by Crippen LogP contribution is -2.07. The molecule has 9 heteroatoms. The highest BCUT2D eigenvalue weighted by Gasteiger charge is 2.23. The monoisotopic (exact) mass is 401 g/mol. The summed E-state index contributed by atoms with van der Waals surface area (Å²) in [6, 6.07) is 10.6. The largest absolute Gasteiger partial charge is 0.461 e. The number of halogens is 2. The molecule has 0 atom stereocenters. The molecule has 0 radical (unpaired) electrons. The maximum absolute atomic E-state index is 13.1. The molecule has 4 aromatic rings. The van der Waals surface area contributed by atoms with Crippen LogP contribution in [0.4, 0.5) is 4.39 Å². The van der Waals surface area contributed by atoms with Gasteiger partial charge in [0.1, 0.15) is 28.8 Å². The van der Waals surface area contributed by atoms with Gasteiger partial charge < -0.3 is 13.7 Å². The van der Waals surface area contributed by atoms with Gasteiger partial charge in [0, 0.05) is 6.07 Å². The first-order valence-electron chi connectivity index (χ1n) is 8.20. The highest BCUT2D eigenvalue weighted by atomic mass is 35.5. The van der Waals surface area contributed by atoms with Crippen LogP contribution in [0, 0.1) is 12.7 Å². The highest BCUT2D eigenvalue weighted by molar-refractivity contribution is 6.33. The molecule has 0 aliphatic rings. The van der Waals surface area contributed by atoms with E-state index in [1.54, 1.807) is 25.1 Å². The Balaban J connectivity index is 1.50. The van der Waals surface area contributed by atoms with Crippen molar-refractivity contribution in [1.29, 1.82) is 0 Å². The number of benzene rings is 1. The molecule has 0 aliphatic heterocycles. The van der Waals surface area contributed by atoms with E-state index in [2.05, 4.69) is 10.3 Å². The van der Waals surface area contributed by atoms with Gasteiger partial charge in [-0.25, -0.2) is 13.9 Å². The average Bonchev–Trinajstić information content (AvgIpc) is 3.41. The van der Waals surface area contributed by atoms with Crippen LogP contribution >= 0.6 is 11.6 Å². The SMILES string of the molecule is Cc1nn(-c2ccc(F)cc2)c(Cl)c1C(=O)OCc1cc(-c2ccco2)on1. The van der Waals surface area contributed by atoms with E-state index in [9.17, 15) is 9.18 Å². The van der Waals surface area contributed by atoms with E-state index in [1.807, 2.05) is 0 Å². The van der Waals surface area contributed by atoms with Gasteiger partial charge in [0.2, 0.25) is 5.76 Å². The van der Waals surface area contributed by atoms with Crippen molar-refractivity contribution >= 4 is 17.6 Å². The Labute approximate surface area is 163 Å². The molecule has 3 heterocycles. The average molecular weight is 402 g/mol. The molecule has 28 heavy (non-hydrogen) atoms. The molecule has 3 aromatic heterocycles. The van der Waals surface area contributed by atoms with E-state index in [1.165, 1.54) is 35.2 Å². The maximum Gasteiger partial charge on any atom is 0.343 e. The third-order valence-corrected chi connectivity index (χ3v) is 4.30. The van der Waals surface area contributed by atoms with E-state index < -0.39 is 5.97 Å². The van der Waals surface area contributed by atoms with Gasteiger partial charge in [-0.15, -0.1) is 0 Å². The van der Waals surface area contributed by atoms with Crippen molar-refractivity contribution in [2.45, 2.75) is 13.5 Å². The Morgan fingerprint density at radius 1 is 1.25 bits per heavy atom. The fraction of sp³-hybridized carbons (Fsp3) is 0.105. The summed E-state index contributed by atoms with van der Waals surface area (Å²) < 4.78 is 30.1. The minimum atomic E-state index is -0.654. The van der Waals surface area contributed by atoms with E-state index >= 15 is 0 Å². The van der Waals surface area contributed by atoms with Crippen LogP contribution in [-0.2, 0) is 11.3 Å². The van der Waals surface area contributed by atoms with Crippen LogP contribution in [-0.4, -0.2) is 20.9 Å². The fourth-order valence-electron chi connectivity index (χ4n) is 2.61. The normalized spacial score (nSPS) is 11.0. The van der Waals surface area contributed by atoms with Gasteiger partial charge in [-0.05, 0) is 43.3 Å². The summed E-state index contributed by atoms with van der Waals surface area (Å²) >= 11 is 6.31. The maximum atomic E-state index is 13.1. The summed E-state index contributed by atoms with van der Waals surface area (Å²) in [6.07, 6.45) is 1.51. The van der Waals surface area contributed by atoms with Gasteiger partial charge in [0.15, 0.2) is 5.76 Å². The molecule has 0 bridgehead atoms. The molecule has 4 rings (SSSR count). The van der Waals surface area contributed by atoms with Crippen LogP contribution in [0.15, 0.2) is 57.7 Å². The molecule has 0 saturated carbocycles. The summed E-state index contributed by atoms with van der Waals surface area (Å²) in [6.45, 7) is 1.52. The van der Waals surface area contributed by atoms with Crippen molar-refractivity contribution in [3.8, 4) is 17.2 Å². The van der Waals surface area contributed by atoms with Gasteiger partial charge in [-0.3, -0.25) is 0 Å². The third kappa shape index (κ3) is 3.41. The Kier molecular flexibility index (Phi) is 4.70. The topological polar surface area (TPSA) is 83.3 Å². The predicted molar refractivity (Wildman–Crippen MR) is 96.6 cm³/mol. The van der Waals surface area contributed by atoms with Crippen LogP contribution in [0.3, 0.4) is 0 Å². The summed E-state index contributed by atoms with van der Waals surface area (Å²) in [7, 11) is 0. The quantitative estimate of drug-likeness (QED) is 0.455. The number of hydrogen-bond acceptors (Lipinski definition) is 6. The first-order chi connectivity index (χ1) is 13.5. The van der Waals surface area contributed by atoms with Gasteiger partial charge in [-0.2, -0.15) is 5.10 Å². The zero-order valence-corrected chi connectivity index (χ0v) is 15.3. The molecular formula is C19H13ClFN3O4. The van der Waals surface area contributed by atoms with Crippen LogP contribution in [0.2, 0.25) is 5.15 Å².